The lowest BCUT2D eigenvalue weighted by Crippen LogP contribution is -2.45. The van der Waals surface area contributed by atoms with Crippen LogP contribution in [0.15, 0.2) is 54.9 Å². The molecule has 5 rings (SSSR count). The Morgan fingerprint density at radius 2 is 1.75 bits per heavy atom. The van der Waals surface area contributed by atoms with E-state index in [0.717, 1.165) is 16.7 Å². The minimum absolute atomic E-state index is 0.105. The number of imide groups is 1. The number of benzene rings is 2. The van der Waals surface area contributed by atoms with Crippen LogP contribution in [-0.4, -0.2) is 56.2 Å². The van der Waals surface area contributed by atoms with E-state index in [9.17, 15) is 24.3 Å². The van der Waals surface area contributed by atoms with Gasteiger partial charge in [0.05, 0.1) is 29.9 Å². The van der Waals surface area contributed by atoms with Crippen molar-refractivity contribution in [2.45, 2.75) is 38.9 Å². The van der Waals surface area contributed by atoms with Crippen LogP contribution in [0, 0.1) is 0 Å². The molecule has 0 radical (unpaired) electrons. The summed E-state index contributed by atoms with van der Waals surface area (Å²) in [6, 6.07) is 11.7. The van der Waals surface area contributed by atoms with Gasteiger partial charge in [0.15, 0.2) is 0 Å². The first-order valence-corrected chi connectivity index (χ1v) is 11.7. The number of fused-ring (bicyclic) bond motifs is 2. The van der Waals surface area contributed by atoms with E-state index in [1.807, 2.05) is 31.3 Å². The van der Waals surface area contributed by atoms with Crippen LogP contribution >= 0.6 is 0 Å². The van der Waals surface area contributed by atoms with Crippen LogP contribution in [0.5, 0.6) is 0 Å². The number of amides is 4. The van der Waals surface area contributed by atoms with Crippen molar-refractivity contribution in [3.63, 3.8) is 0 Å². The zero-order valence-electron chi connectivity index (χ0n) is 19.8. The van der Waals surface area contributed by atoms with E-state index >= 15 is 0 Å². The number of carbonyl (C=O) groups is 4. The fourth-order valence-electron chi connectivity index (χ4n) is 5.09. The van der Waals surface area contributed by atoms with Crippen molar-refractivity contribution in [2.75, 3.05) is 11.4 Å². The van der Waals surface area contributed by atoms with Gasteiger partial charge in [-0.1, -0.05) is 18.2 Å². The van der Waals surface area contributed by atoms with Gasteiger partial charge in [-0.3, -0.25) is 24.0 Å². The van der Waals surface area contributed by atoms with Crippen LogP contribution in [0.25, 0.3) is 11.1 Å². The Bertz CT molecular complexity index is 1360. The predicted molar refractivity (Wildman–Crippen MR) is 131 cm³/mol. The maximum Gasteiger partial charge on any atom is 0.405 e. The van der Waals surface area contributed by atoms with Crippen LogP contribution in [-0.2, 0) is 11.3 Å². The van der Waals surface area contributed by atoms with Gasteiger partial charge < -0.3 is 15.3 Å². The Morgan fingerprint density at radius 1 is 1.06 bits per heavy atom. The van der Waals surface area contributed by atoms with E-state index in [0.29, 0.717) is 29.8 Å². The minimum atomic E-state index is -1.12. The zero-order valence-corrected chi connectivity index (χ0v) is 19.8. The molecule has 0 aliphatic carbocycles. The standard InChI is InChI=1S/C26H25N5O5/c1-15-11-22(28-26(35)36)21-12-17(7-8-23(21)31(15)16(2)32)18-13-27-29(14-18)9-10-30-24(33)19-5-3-4-6-20(19)25(30)34/h3-8,12-15,22,28H,9-11H2,1-2H3,(H,35,36). The van der Waals surface area contributed by atoms with Gasteiger partial charge in [0, 0.05) is 37.0 Å². The lowest BCUT2D eigenvalue weighted by Gasteiger charge is -2.39. The van der Waals surface area contributed by atoms with Crippen LogP contribution in [0.1, 0.15) is 52.6 Å². The van der Waals surface area contributed by atoms with E-state index in [1.165, 1.54) is 11.8 Å². The molecule has 2 N–H and O–H groups in total. The molecule has 3 heterocycles. The molecule has 1 aromatic heterocycles. The maximum absolute atomic E-state index is 12.6. The van der Waals surface area contributed by atoms with Crippen molar-refractivity contribution in [3.05, 3.63) is 71.5 Å². The summed E-state index contributed by atoms with van der Waals surface area (Å²) in [6.45, 7) is 3.91. The molecule has 10 nitrogen and oxygen atoms in total. The monoisotopic (exact) mass is 487 g/mol. The van der Waals surface area contributed by atoms with E-state index < -0.39 is 12.1 Å². The van der Waals surface area contributed by atoms with Crippen LogP contribution in [0.4, 0.5) is 10.5 Å². The molecule has 2 unspecified atom stereocenters. The summed E-state index contributed by atoms with van der Waals surface area (Å²) >= 11 is 0. The Hall–Kier alpha value is -4.47. The summed E-state index contributed by atoms with van der Waals surface area (Å²) in [5.41, 5.74) is 3.84. The lowest BCUT2D eigenvalue weighted by molar-refractivity contribution is -0.117. The van der Waals surface area contributed by atoms with Gasteiger partial charge in [-0.25, -0.2) is 4.79 Å². The first kappa shape index (κ1) is 23.3. The molecule has 36 heavy (non-hydrogen) atoms. The number of anilines is 1. The first-order valence-electron chi connectivity index (χ1n) is 11.7. The predicted octanol–water partition coefficient (Wildman–Crippen LogP) is 3.30. The van der Waals surface area contributed by atoms with Crippen LogP contribution in [0.2, 0.25) is 0 Å². The van der Waals surface area contributed by atoms with Gasteiger partial charge in [0.2, 0.25) is 5.91 Å². The van der Waals surface area contributed by atoms with E-state index in [-0.39, 0.29) is 30.3 Å². The summed E-state index contributed by atoms with van der Waals surface area (Å²) in [4.78, 5) is 51.8. The Labute approximate surface area is 207 Å². The van der Waals surface area contributed by atoms with E-state index in [4.69, 9.17) is 0 Å². The first-order chi connectivity index (χ1) is 17.2. The molecule has 0 bridgehead atoms. The van der Waals surface area contributed by atoms with E-state index in [2.05, 4.69) is 10.4 Å². The Balaban J connectivity index is 1.37. The average molecular weight is 488 g/mol. The second-order valence-corrected chi connectivity index (χ2v) is 9.05. The molecule has 2 aliphatic rings. The SMILES string of the molecule is CC(=O)N1c2ccc(-c3cnn(CCN4C(=O)c5ccccc5C4=O)c3)cc2C(NC(=O)O)CC1C. The number of nitrogens with one attached hydrogen (secondary N) is 1. The second kappa shape index (κ2) is 8.95. The summed E-state index contributed by atoms with van der Waals surface area (Å²) in [5.74, 6) is -0.718. The van der Waals surface area contributed by atoms with Crippen molar-refractivity contribution in [1.82, 2.24) is 20.0 Å². The molecular formula is C26H25N5O5. The highest BCUT2D eigenvalue weighted by atomic mass is 16.4. The summed E-state index contributed by atoms with van der Waals surface area (Å²) in [5, 5.41) is 16.3. The summed E-state index contributed by atoms with van der Waals surface area (Å²) in [7, 11) is 0. The minimum Gasteiger partial charge on any atom is -0.465 e. The summed E-state index contributed by atoms with van der Waals surface area (Å²) in [6.07, 6.45) is 2.83. The van der Waals surface area contributed by atoms with Gasteiger partial charge >= 0.3 is 6.09 Å². The number of aromatic nitrogens is 2. The fraction of sp³-hybridized carbons (Fsp3) is 0.269. The molecule has 2 atom stereocenters. The third-order valence-electron chi connectivity index (χ3n) is 6.71. The lowest BCUT2D eigenvalue weighted by atomic mass is 9.89. The van der Waals surface area contributed by atoms with Gasteiger partial charge in [0.25, 0.3) is 11.8 Å². The Morgan fingerprint density at radius 3 is 2.39 bits per heavy atom. The molecule has 2 aliphatic heterocycles. The number of hydrogen-bond acceptors (Lipinski definition) is 5. The average Bonchev–Trinajstić information content (AvgIpc) is 3.40. The zero-order chi connectivity index (χ0) is 25.6. The largest absolute Gasteiger partial charge is 0.465 e. The third kappa shape index (κ3) is 4.00. The second-order valence-electron chi connectivity index (χ2n) is 9.05. The summed E-state index contributed by atoms with van der Waals surface area (Å²) < 4.78 is 1.66. The van der Waals surface area contributed by atoms with Gasteiger partial charge in [-0.05, 0) is 48.7 Å². The van der Waals surface area contributed by atoms with Crippen LogP contribution < -0.4 is 10.2 Å². The van der Waals surface area contributed by atoms with Crippen molar-refractivity contribution in [3.8, 4) is 11.1 Å². The Kier molecular flexibility index (Phi) is 5.79. The molecule has 0 saturated carbocycles. The third-order valence-corrected chi connectivity index (χ3v) is 6.71. The molecule has 3 aromatic rings. The topological polar surface area (TPSA) is 125 Å². The maximum atomic E-state index is 12.6. The molecule has 4 amide bonds. The molecule has 0 spiro atoms. The van der Waals surface area contributed by atoms with Crippen molar-refractivity contribution >= 4 is 29.5 Å². The number of hydrogen-bond donors (Lipinski definition) is 2. The molecule has 2 aromatic carbocycles. The number of nitrogens with zero attached hydrogens (tertiary/aromatic N) is 4. The van der Waals surface area contributed by atoms with E-state index in [1.54, 1.807) is 40.0 Å². The number of carbonyl (C=O) groups excluding carboxylic acids is 3. The molecule has 10 heteroatoms. The quantitative estimate of drug-likeness (QED) is 0.532. The molecular weight excluding hydrogens is 462 g/mol. The van der Waals surface area contributed by atoms with Crippen LogP contribution in [0.3, 0.4) is 0 Å². The fourth-order valence-corrected chi connectivity index (χ4v) is 5.09. The van der Waals surface area contributed by atoms with Crippen molar-refractivity contribution < 1.29 is 24.3 Å². The van der Waals surface area contributed by atoms with Crippen molar-refractivity contribution in [1.29, 1.82) is 0 Å². The highest BCUT2D eigenvalue weighted by molar-refractivity contribution is 6.21. The van der Waals surface area contributed by atoms with Gasteiger partial charge in [-0.2, -0.15) is 5.10 Å². The molecule has 184 valence electrons. The van der Waals surface area contributed by atoms with Gasteiger partial charge in [0.1, 0.15) is 0 Å². The van der Waals surface area contributed by atoms with Gasteiger partial charge in [-0.15, -0.1) is 0 Å². The number of carboxylic acid groups (broad SMARTS) is 1. The molecule has 0 saturated heterocycles. The molecule has 0 fully saturated rings. The highest BCUT2D eigenvalue weighted by Crippen LogP contribution is 2.39. The smallest absolute Gasteiger partial charge is 0.405 e. The number of rotatable bonds is 5. The van der Waals surface area contributed by atoms with Crippen molar-refractivity contribution in [2.24, 2.45) is 0 Å². The highest BCUT2D eigenvalue weighted by Gasteiger charge is 2.35. The normalized spacial score (nSPS) is 18.7.